The fraction of sp³-hybridized carbons (Fsp3) is 0.143. The zero-order valence-corrected chi connectivity index (χ0v) is 12.3. The maximum atomic E-state index is 12.3. The van der Waals surface area contributed by atoms with Crippen LogP contribution in [0.3, 0.4) is 0 Å². The molecule has 4 nitrogen and oxygen atoms in total. The number of hydrogen-bond donors (Lipinski definition) is 2. The van der Waals surface area contributed by atoms with Gasteiger partial charge in [-0.2, -0.15) is 0 Å². The van der Waals surface area contributed by atoms with E-state index in [-0.39, 0.29) is 5.91 Å². The molecule has 1 amide bonds. The molecule has 0 bridgehead atoms. The molecule has 0 unspecified atom stereocenters. The fourth-order valence-electron chi connectivity index (χ4n) is 1.68. The van der Waals surface area contributed by atoms with Gasteiger partial charge in [0.15, 0.2) is 0 Å². The van der Waals surface area contributed by atoms with Crippen molar-refractivity contribution in [1.82, 2.24) is 4.98 Å². The zero-order valence-electron chi connectivity index (χ0n) is 10.8. The lowest BCUT2D eigenvalue weighted by molar-refractivity contribution is 0.102. The average Bonchev–Trinajstić information content (AvgIpc) is 2.43. The van der Waals surface area contributed by atoms with Gasteiger partial charge in [0.1, 0.15) is 5.82 Å². The Kier molecular flexibility index (Phi) is 4.82. The molecule has 0 aliphatic heterocycles. The summed E-state index contributed by atoms with van der Waals surface area (Å²) in [4.78, 5) is 16.4. The van der Waals surface area contributed by atoms with Gasteiger partial charge in [0.25, 0.3) is 5.91 Å². The van der Waals surface area contributed by atoms with Crippen molar-refractivity contribution in [2.75, 3.05) is 17.2 Å². The summed E-state index contributed by atoms with van der Waals surface area (Å²) >= 11 is 11.9. The molecule has 2 rings (SSSR count). The minimum Gasteiger partial charge on any atom is -0.370 e. The smallest absolute Gasteiger partial charge is 0.259 e. The van der Waals surface area contributed by atoms with Gasteiger partial charge >= 0.3 is 0 Å². The quantitative estimate of drug-likeness (QED) is 0.895. The van der Waals surface area contributed by atoms with Crippen LogP contribution < -0.4 is 10.6 Å². The van der Waals surface area contributed by atoms with Crippen LogP contribution in [-0.4, -0.2) is 17.4 Å². The van der Waals surface area contributed by atoms with E-state index >= 15 is 0 Å². The van der Waals surface area contributed by atoms with Crippen LogP contribution in [0.2, 0.25) is 10.0 Å². The van der Waals surface area contributed by atoms with Crippen molar-refractivity contribution in [2.24, 2.45) is 0 Å². The van der Waals surface area contributed by atoms with Crippen molar-refractivity contribution in [2.45, 2.75) is 6.92 Å². The maximum Gasteiger partial charge on any atom is 0.259 e. The van der Waals surface area contributed by atoms with Crippen LogP contribution in [0.1, 0.15) is 17.3 Å². The highest BCUT2D eigenvalue weighted by atomic mass is 35.5. The van der Waals surface area contributed by atoms with E-state index in [1.807, 2.05) is 6.92 Å². The van der Waals surface area contributed by atoms with E-state index < -0.39 is 0 Å². The zero-order chi connectivity index (χ0) is 14.5. The molecule has 1 heterocycles. The average molecular weight is 310 g/mol. The van der Waals surface area contributed by atoms with Gasteiger partial charge in [-0.3, -0.25) is 4.79 Å². The number of aromatic nitrogens is 1. The molecule has 20 heavy (non-hydrogen) atoms. The highest BCUT2D eigenvalue weighted by molar-refractivity contribution is 6.36. The second-order valence-corrected chi connectivity index (χ2v) is 4.85. The first kappa shape index (κ1) is 14.6. The van der Waals surface area contributed by atoms with Crippen LogP contribution in [0.5, 0.6) is 0 Å². The molecule has 6 heteroatoms. The number of carbonyl (C=O) groups is 1. The Bertz CT molecular complexity index is 632. The molecule has 104 valence electrons. The van der Waals surface area contributed by atoms with E-state index in [1.165, 1.54) is 0 Å². The maximum absolute atomic E-state index is 12.3. The molecule has 2 aromatic rings. The Morgan fingerprint density at radius 3 is 2.80 bits per heavy atom. The second kappa shape index (κ2) is 6.59. The van der Waals surface area contributed by atoms with Crippen LogP contribution in [0, 0.1) is 0 Å². The molecule has 0 saturated carbocycles. The topological polar surface area (TPSA) is 54.0 Å². The molecule has 0 aliphatic rings. The summed E-state index contributed by atoms with van der Waals surface area (Å²) in [5, 5.41) is 6.69. The Morgan fingerprint density at radius 2 is 2.10 bits per heavy atom. The Labute approximate surface area is 127 Å². The Morgan fingerprint density at radius 1 is 1.30 bits per heavy atom. The van der Waals surface area contributed by atoms with E-state index in [0.29, 0.717) is 33.7 Å². The largest absolute Gasteiger partial charge is 0.370 e. The predicted molar refractivity (Wildman–Crippen MR) is 82.8 cm³/mol. The first-order valence-corrected chi connectivity index (χ1v) is 6.82. The number of anilines is 2. The third kappa shape index (κ3) is 3.40. The minimum absolute atomic E-state index is 0.279. The number of carbonyl (C=O) groups excluding carboxylic acids is 1. The number of amides is 1. The van der Waals surface area contributed by atoms with Crippen molar-refractivity contribution in [3.05, 3.63) is 52.1 Å². The van der Waals surface area contributed by atoms with E-state index in [2.05, 4.69) is 15.6 Å². The fourth-order valence-corrected chi connectivity index (χ4v) is 2.13. The lowest BCUT2D eigenvalue weighted by atomic mass is 10.2. The number of halogens is 2. The summed E-state index contributed by atoms with van der Waals surface area (Å²) in [5.41, 5.74) is 0.965. The van der Waals surface area contributed by atoms with Crippen LogP contribution in [0.4, 0.5) is 11.5 Å². The van der Waals surface area contributed by atoms with Gasteiger partial charge in [-0.1, -0.05) is 23.2 Å². The number of benzene rings is 1. The van der Waals surface area contributed by atoms with Crippen molar-refractivity contribution in [1.29, 1.82) is 0 Å². The molecular formula is C14H13Cl2N3O. The first-order chi connectivity index (χ1) is 9.61. The van der Waals surface area contributed by atoms with Gasteiger partial charge in [-0.05, 0) is 37.3 Å². The van der Waals surface area contributed by atoms with Crippen LogP contribution in [0.15, 0.2) is 36.5 Å². The summed E-state index contributed by atoms with van der Waals surface area (Å²) in [6.07, 6.45) is 1.63. The number of hydrogen-bond acceptors (Lipinski definition) is 3. The number of nitrogens with zero attached hydrogens (tertiary/aromatic N) is 1. The summed E-state index contributed by atoms with van der Waals surface area (Å²) in [6.45, 7) is 2.62. The molecule has 0 aliphatic carbocycles. The summed E-state index contributed by atoms with van der Waals surface area (Å²) in [6, 6.07) is 8.31. The minimum atomic E-state index is -0.279. The lowest BCUT2D eigenvalue weighted by Gasteiger charge is -2.11. The van der Waals surface area contributed by atoms with Crippen molar-refractivity contribution >= 4 is 40.6 Å². The van der Waals surface area contributed by atoms with Gasteiger partial charge < -0.3 is 10.6 Å². The van der Waals surface area contributed by atoms with Crippen LogP contribution >= 0.6 is 23.2 Å². The Hall–Kier alpha value is -1.78. The van der Waals surface area contributed by atoms with Gasteiger partial charge in [0.2, 0.25) is 0 Å². The van der Waals surface area contributed by atoms with Gasteiger partial charge in [-0.15, -0.1) is 0 Å². The van der Waals surface area contributed by atoms with Gasteiger partial charge in [0, 0.05) is 17.8 Å². The van der Waals surface area contributed by atoms with Gasteiger partial charge in [-0.25, -0.2) is 4.98 Å². The molecule has 2 N–H and O–H groups in total. The molecule has 1 aromatic heterocycles. The standard InChI is InChI=1S/C14H13Cl2N3O/c1-2-17-13-10(4-3-7-18-13)14(20)19-12-6-5-9(15)8-11(12)16/h3-8H,2H2,1H3,(H,17,18)(H,19,20). The van der Waals surface area contributed by atoms with Crippen molar-refractivity contribution in [3.8, 4) is 0 Å². The lowest BCUT2D eigenvalue weighted by Crippen LogP contribution is -2.15. The third-order valence-corrected chi connectivity index (χ3v) is 3.12. The van der Waals surface area contributed by atoms with Gasteiger partial charge in [0.05, 0.1) is 16.3 Å². The number of nitrogens with one attached hydrogen (secondary N) is 2. The summed E-state index contributed by atoms with van der Waals surface area (Å²) < 4.78 is 0. The molecule has 0 radical (unpaired) electrons. The third-order valence-electron chi connectivity index (χ3n) is 2.58. The Balaban J connectivity index is 2.24. The second-order valence-electron chi connectivity index (χ2n) is 4.01. The predicted octanol–water partition coefficient (Wildman–Crippen LogP) is 4.07. The highest BCUT2D eigenvalue weighted by Crippen LogP contribution is 2.26. The number of pyridine rings is 1. The molecular weight excluding hydrogens is 297 g/mol. The monoisotopic (exact) mass is 309 g/mol. The number of rotatable bonds is 4. The molecule has 1 aromatic carbocycles. The van der Waals surface area contributed by atoms with E-state index in [0.717, 1.165) is 0 Å². The molecule has 0 fully saturated rings. The van der Waals surface area contributed by atoms with E-state index in [1.54, 1.807) is 36.5 Å². The van der Waals surface area contributed by atoms with E-state index in [9.17, 15) is 4.79 Å². The highest BCUT2D eigenvalue weighted by Gasteiger charge is 2.13. The molecule has 0 saturated heterocycles. The normalized spacial score (nSPS) is 10.2. The van der Waals surface area contributed by atoms with Crippen LogP contribution in [0.25, 0.3) is 0 Å². The van der Waals surface area contributed by atoms with Crippen molar-refractivity contribution in [3.63, 3.8) is 0 Å². The molecule has 0 atom stereocenters. The van der Waals surface area contributed by atoms with E-state index in [4.69, 9.17) is 23.2 Å². The SMILES string of the molecule is CCNc1ncccc1C(=O)Nc1ccc(Cl)cc1Cl. The summed E-state index contributed by atoms with van der Waals surface area (Å²) in [7, 11) is 0. The van der Waals surface area contributed by atoms with Crippen LogP contribution in [-0.2, 0) is 0 Å². The van der Waals surface area contributed by atoms with Crippen molar-refractivity contribution < 1.29 is 4.79 Å². The first-order valence-electron chi connectivity index (χ1n) is 6.07. The summed E-state index contributed by atoms with van der Waals surface area (Å²) in [5.74, 6) is 0.260. The molecule has 0 spiro atoms.